The van der Waals surface area contributed by atoms with Crippen LogP contribution in [0.25, 0.3) is 10.9 Å². The number of carbonyl (C=O) groups is 2. The van der Waals surface area contributed by atoms with E-state index in [4.69, 9.17) is 9.47 Å². The lowest BCUT2D eigenvalue weighted by molar-refractivity contribution is 0.0358. The highest BCUT2D eigenvalue weighted by molar-refractivity contribution is 6.15. The zero-order valence-electron chi connectivity index (χ0n) is 22.7. The molecule has 1 saturated carbocycles. The van der Waals surface area contributed by atoms with E-state index in [2.05, 4.69) is 42.1 Å². The first-order valence-electron chi connectivity index (χ1n) is 13.7. The van der Waals surface area contributed by atoms with E-state index in [1.165, 1.54) is 0 Å². The molecule has 8 heteroatoms. The van der Waals surface area contributed by atoms with Crippen LogP contribution in [-0.2, 0) is 22.4 Å². The Morgan fingerprint density at radius 1 is 0.892 bits per heavy atom. The second-order valence-electron chi connectivity index (χ2n) is 11.9. The number of carbonyl (C=O) groups excluding carboxylic acids is 1. The van der Waals surface area contributed by atoms with Crippen molar-refractivity contribution in [3.63, 3.8) is 0 Å². The normalized spacial score (nSPS) is 22.4. The lowest BCUT2D eigenvalue weighted by Crippen LogP contribution is -2.39. The maximum Gasteiger partial charge on any atom is 0.337 e. The van der Waals surface area contributed by atoms with Gasteiger partial charge in [-0.2, -0.15) is 0 Å². The molecule has 1 aliphatic carbocycles. The Kier molecular flexibility index (Phi) is 7.22. The first kappa shape index (κ1) is 26.4. The van der Waals surface area contributed by atoms with Gasteiger partial charge in [-0.15, -0.1) is 0 Å². The predicted octanol–water partition coefficient (Wildman–Crippen LogP) is 3.41. The summed E-state index contributed by atoms with van der Waals surface area (Å²) in [6.07, 6.45) is 0.700. The Labute approximate surface area is 219 Å². The second-order valence-corrected chi connectivity index (χ2v) is 11.9. The van der Waals surface area contributed by atoms with Crippen molar-refractivity contribution in [3.8, 4) is 0 Å². The van der Waals surface area contributed by atoms with Crippen molar-refractivity contribution in [2.24, 2.45) is 16.7 Å². The lowest BCUT2D eigenvalue weighted by Gasteiger charge is -2.28. The summed E-state index contributed by atoms with van der Waals surface area (Å²) in [5, 5.41) is 10.9. The maximum absolute atomic E-state index is 14.3. The monoisotopic (exact) mass is 511 g/mol. The molecule has 3 aliphatic rings. The van der Waals surface area contributed by atoms with Gasteiger partial charge in [-0.3, -0.25) is 14.6 Å². The van der Waals surface area contributed by atoms with E-state index in [0.717, 1.165) is 69.1 Å². The molecular weight excluding hydrogens is 470 g/mol. The van der Waals surface area contributed by atoms with Crippen LogP contribution in [0.1, 0.15) is 54.1 Å². The van der Waals surface area contributed by atoms with Gasteiger partial charge in [-0.1, -0.05) is 39.8 Å². The van der Waals surface area contributed by atoms with Gasteiger partial charge < -0.3 is 19.1 Å². The zero-order chi connectivity index (χ0) is 26.4. The summed E-state index contributed by atoms with van der Waals surface area (Å²) < 4.78 is 13.2. The fourth-order valence-electron chi connectivity index (χ4n) is 6.57. The molecule has 3 fully saturated rings. The fourth-order valence-corrected chi connectivity index (χ4v) is 6.57. The fraction of sp³-hybridized carbons (Fsp3) is 0.655. The Morgan fingerprint density at radius 2 is 1.46 bits per heavy atom. The quantitative estimate of drug-likeness (QED) is 0.517. The van der Waals surface area contributed by atoms with Crippen molar-refractivity contribution in [1.82, 2.24) is 14.4 Å². The average Bonchev–Trinajstić information content (AvgIpc) is 3.14. The highest BCUT2D eigenvalue weighted by Gasteiger charge is 2.68. The van der Waals surface area contributed by atoms with Crippen molar-refractivity contribution in [2.45, 2.75) is 40.7 Å². The van der Waals surface area contributed by atoms with Gasteiger partial charge in [0.15, 0.2) is 5.78 Å². The molecule has 0 bridgehead atoms. The number of morpholine rings is 2. The van der Waals surface area contributed by atoms with Gasteiger partial charge in [-0.05, 0) is 16.9 Å². The minimum absolute atomic E-state index is 0.0890. The largest absolute Gasteiger partial charge is 0.478 e. The number of ether oxygens (including phenoxy) is 2. The molecule has 1 N–H and O–H groups in total. The second kappa shape index (κ2) is 10.1. The number of aromatic nitrogens is 1. The summed E-state index contributed by atoms with van der Waals surface area (Å²) in [4.78, 5) is 31.4. The van der Waals surface area contributed by atoms with Gasteiger partial charge in [0.25, 0.3) is 0 Å². The first-order valence-corrected chi connectivity index (χ1v) is 13.7. The molecule has 0 amide bonds. The summed E-state index contributed by atoms with van der Waals surface area (Å²) in [6.45, 7) is 17.3. The van der Waals surface area contributed by atoms with Crippen LogP contribution in [0.5, 0.6) is 0 Å². The number of carboxylic acids is 1. The number of rotatable bonds is 9. The highest BCUT2D eigenvalue weighted by atomic mass is 16.5. The molecule has 0 unspecified atom stereocenters. The molecular formula is C29H41N3O5. The van der Waals surface area contributed by atoms with Gasteiger partial charge >= 0.3 is 5.97 Å². The van der Waals surface area contributed by atoms with E-state index in [-0.39, 0.29) is 28.1 Å². The van der Waals surface area contributed by atoms with Crippen LogP contribution in [0.15, 0.2) is 18.2 Å². The van der Waals surface area contributed by atoms with Crippen LogP contribution in [-0.4, -0.2) is 96.9 Å². The first-order chi connectivity index (χ1) is 17.6. The van der Waals surface area contributed by atoms with Crippen LogP contribution < -0.4 is 0 Å². The van der Waals surface area contributed by atoms with Crippen molar-refractivity contribution in [1.29, 1.82) is 0 Å². The molecule has 2 aliphatic heterocycles. The third-order valence-electron chi connectivity index (χ3n) is 9.46. The summed E-state index contributed by atoms with van der Waals surface area (Å²) in [5.41, 5.74) is 2.46. The number of benzene rings is 1. The predicted molar refractivity (Wildman–Crippen MR) is 143 cm³/mol. The van der Waals surface area contributed by atoms with Crippen molar-refractivity contribution in [3.05, 3.63) is 35.0 Å². The molecule has 0 spiro atoms. The molecule has 37 heavy (non-hydrogen) atoms. The Hall–Kier alpha value is -2.26. The molecule has 8 nitrogen and oxygen atoms in total. The molecule has 2 aromatic rings. The lowest BCUT2D eigenvalue weighted by atomic mass is 9.96. The number of fused-ring (bicyclic) bond motifs is 1. The molecule has 0 atom stereocenters. The van der Waals surface area contributed by atoms with E-state index in [1.807, 2.05) is 6.07 Å². The molecule has 3 heterocycles. The van der Waals surface area contributed by atoms with E-state index < -0.39 is 5.97 Å². The standard InChI is InChI=1S/C29H41N3O5/c1-28(2)26(29(28,3)4)25(33)23-20-6-5-7-21(27(34)35)24(20)32(11-10-31-14-18-37-19-15-31)22(23)8-9-30-12-16-36-17-13-30/h5-7,26H,8-19H2,1-4H3,(H,34,35). The van der Waals surface area contributed by atoms with E-state index in [1.54, 1.807) is 12.1 Å². The molecule has 1 aromatic carbocycles. The van der Waals surface area contributed by atoms with E-state index >= 15 is 0 Å². The average molecular weight is 512 g/mol. The van der Waals surface area contributed by atoms with Crippen LogP contribution in [0.4, 0.5) is 0 Å². The van der Waals surface area contributed by atoms with Crippen LogP contribution in [0.2, 0.25) is 0 Å². The molecule has 2 saturated heterocycles. The SMILES string of the molecule is CC1(C)C(C(=O)c2c(CCN3CCOCC3)n(CCN3CCOCC3)c3c(C(=O)O)cccc23)C1(C)C. The zero-order valence-corrected chi connectivity index (χ0v) is 22.7. The molecule has 1 aromatic heterocycles. The third kappa shape index (κ3) is 4.73. The van der Waals surface area contributed by atoms with Gasteiger partial charge in [0.1, 0.15) is 0 Å². The number of ketones is 1. The number of nitrogens with zero attached hydrogens (tertiary/aromatic N) is 3. The van der Waals surface area contributed by atoms with E-state index in [0.29, 0.717) is 31.7 Å². The number of para-hydroxylation sites is 1. The maximum atomic E-state index is 14.3. The number of hydrogen-bond acceptors (Lipinski definition) is 6. The molecule has 5 rings (SSSR count). The number of aromatic carboxylic acids is 1. The van der Waals surface area contributed by atoms with Gasteiger partial charge in [0.2, 0.25) is 0 Å². The van der Waals surface area contributed by atoms with Crippen LogP contribution >= 0.6 is 0 Å². The number of Topliss-reactive ketones (excluding diaryl/α,β-unsaturated/α-hetero) is 1. The summed E-state index contributed by atoms with van der Waals surface area (Å²) in [7, 11) is 0. The van der Waals surface area contributed by atoms with Crippen molar-refractivity contribution < 1.29 is 24.2 Å². The Morgan fingerprint density at radius 3 is 2.00 bits per heavy atom. The van der Waals surface area contributed by atoms with Crippen LogP contribution in [0.3, 0.4) is 0 Å². The molecule has 202 valence electrons. The minimum atomic E-state index is -0.957. The molecule has 0 radical (unpaired) electrons. The van der Waals surface area contributed by atoms with Crippen molar-refractivity contribution in [2.75, 3.05) is 65.7 Å². The van der Waals surface area contributed by atoms with Gasteiger partial charge in [0.05, 0.1) is 37.5 Å². The van der Waals surface area contributed by atoms with Gasteiger partial charge in [0, 0.05) is 74.8 Å². The highest BCUT2D eigenvalue weighted by Crippen LogP contribution is 2.69. The summed E-state index contributed by atoms with van der Waals surface area (Å²) in [5.74, 6) is -0.889. The van der Waals surface area contributed by atoms with Crippen molar-refractivity contribution >= 4 is 22.7 Å². The Balaban J connectivity index is 1.60. The smallest absolute Gasteiger partial charge is 0.337 e. The van der Waals surface area contributed by atoms with E-state index in [9.17, 15) is 14.7 Å². The van der Waals surface area contributed by atoms with Crippen LogP contribution in [0, 0.1) is 16.7 Å². The van der Waals surface area contributed by atoms with Gasteiger partial charge in [-0.25, -0.2) is 4.79 Å². The Bertz CT molecular complexity index is 1160. The topological polar surface area (TPSA) is 84.2 Å². The minimum Gasteiger partial charge on any atom is -0.478 e. The number of hydrogen-bond donors (Lipinski definition) is 1. The third-order valence-corrected chi connectivity index (χ3v) is 9.46. The number of carboxylic acid groups (broad SMARTS) is 1. The summed E-state index contributed by atoms with van der Waals surface area (Å²) >= 11 is 0. The summed E-state index contributed by atoms with van der Waals surface area (Å²) in [6, 6.07) is 5.39.